The van der Waals surface area contributed by atoms with Gasteiger partial charge in [0.1, 0.15) is 18.2 Å². The molecule has 0 aromatic heterocycles. The van der Waals surface area contributed by atoms with Crippen molar-refractivity contribution in [3.8, 4) is 0 Å². The summed E-state index contributed by atoms with van der Waals surface area (Å²) in [5.41, 5.74) is -0.211. The molecule has 0 spiro atoms. The van der Waals surface area contributed by atoms with Crippen LogP contribution in [0.5, 0.6) is 0 Å². The Labute approximate surface area is 134 Å². The largest absolute Gasteiger partial charge is 0.469 e. The molecule has 0 unspecified atom stereocenters. The summed E-state index contributed by atoms with van der Waals surface area (Å²) >= 11 is 0. The molecule has 1 aliphatic heterocycles. The van der Waals surface area contributed by atoms with Crippen LogP contribution in [0.25, 0.3) is 0 Å². The molecule has 0 saturated carbocycles. The summed E-state index contributed by atoms with van der Waals surface area (Å²) in [6.45, 7) is 1.45. The summed E-state index contributed by atoms with van der Waals surface area (Å²) < 4.78 is 32.2. The predicted octanol–water partition coefficient (Wildman–Crippen LogP) is 2.15. The minimum absolute atomic E-state index is 0.134. The monoisotopic (exact) mass is 342 g/mol. The van der Waals surface area contributed by atoms with Crippen molar-refractivity contribution >= 4 is 19.5 Å². The van der Waals surface area contributed by atoms with Gasteiger partial charge in [0, 0.05) is 0 Å². The molecule has 126 valence electrons. The van der Waals surface area contributed by atoms with Crippen molar-refractivity contribution in [2.45, 2.75) is 13.5 Å². The quantitative estimate of drug-likeness (QED) is 0.598. The van der Waals surface area contributed by atoms with Crippen LogP contribution in [0.2, 0.25) is 0 Å². The number of rotatable bonds is 5. The van der Waals surface area contributed by atoms with Crippen LogP contribution in [0.4, 0.5) is 0 Å². The molecule has 0 aliphatic carbocycles. The van der Waals surface area contributed by atoms with E-state index in [1.165, 1.54) is 7.11 Å². The van der Waals surface area contributed by atoms with Crippen LogP contribution in [-0.4, -0.2) is 38.4 Å². The first kappa shape index (κ1) is 17.7. The Balaban J connectivity index is 1.89. The van der Waals surface area contributed by atoms with Gasteiger partial charge in [-0.3, -0.25) is 14.2 Å². The number of hydrogen-bond donors (Lipinski definition) is 0. The molecule has 1 aromatic rings. The van der Waals surface area contributed by atoms with Crippen LogP contribution in [-0.2, 0) is 39.3 Å². The Hall–Kier alpha value is -1.69. The first-order chi connectivity index (χ1) is 10.9. The van der Waals surface area contributed by atoms with E-state index in [1.54, 1.807) is 6.92 Å². The van der Waals surface area contributed by atoms with Gasteiger partial charge in [-0.2, -0.15) is 0 Å². The van der Waals surface area contributed by atoms with Crippen molar-refractivity contribution in [3.05, 3.63) is 35.9 Å². The fourth-order valence-corrected chi connectivity index (χ4v) is 3.56. The Morgan fingerprint density at radius 3 is 2.39 bits per heavy atom. The Morgan fingerprint density at radius 1 is 1.22 bits per heavy atom. The van der Waals surface area contributed by atoms with E-state index in [2.05, 4.69) is 4.74 Å². The van der Waals surface area contributed by atoms with E-state index in [1.807, 2.05) is 30.3 Å². The first-order valence-corrected chi connectivity index (χ1v) is 8.76. The summed E-state index contributed by atoms with van der Waals surface area (Å²) in [5, 5.41) is 0. The Morgan fingerprint density at radius 2 is 1.83 bits per heavy atom. The van der Waals surface area contributed by atoms with Crippen LogP contribution >= 0.6 is 7.60 Å². The third-order valence-corrected chi connectivity index (χ3v) is 5.11. The molecule has 0 atom stereocenters. The standard InChI is InChI=1S/C15H19O7P/c1-15(14(17)20-8-12-6-4-3-5-7-12)10-21-23(18,22-11-15)9-13(16)19-2/h3-7H,8-11H2,1-2H3. The van der Waals surface area contributed by atoms with E-state index in [-0.39, 0.29) is 19.8 Å². The maximum Gasteiger partial charge on any atom is 0.341 e. The Bertz CT molecular complexity index is 602. The van der Waals surface area contributed by atoms with Gasteiger partial charge in [-0.15, -0.1) is 0 Å². The third kappa shape index (κ3) is 4.64. The molecule has 0 N–H and O–H groups in total. The molecule has 1 saturated heterocycles. The van der Waals surface area contributed by atoms with Crippen LogP contribution in [0.3, 0.4) is 0 Å². The molecule has 1 fully saturated rings. The van der Waals surface area contributed by atoms with Crippen molar-refractivity contribution in [1.29, 1.82) is 0 Å². The second-order valence-corrected chi connectivity index (χ2v) is 7.57. The molecule has 7 nitrogen and oxygen atoms in total. The second-order valence-electron chi connectivity index (χ2n) is 5.51. The molecule has 2 rings (SSSR count). The summed E-state index contributed by atoms with van der Waals surface area (Å²) in [5.74, 6) is -1.20. The van der Waals surface area contributed by atoms with Crippen LogP contribution < -0.4 is 0 Å². The van der Waals surface area contributed by atoms with E-state index in [0.717, 1.165) is 5.56 Å². The molecule has 8 heteroatoms. The summed E-state index contributed by atoms with van der Waals surface area (Å²) in [6, 6.07) is 9.25. The molecular formula is C15H19O7P. The molecule has 0 amide bonds. The van der Waals surface area contributed by atoms with Gasteiger partial charge in [-0.25, -0.2) is 0 Å². The lowest BCUT2D eigenvalue weighted by molar-refractivity contribution is -0.162. The summed E-state index contributed by atoms with van der Waals surface area (Å²) in [7, 11) is -2.38. The predicted molar refractivity (Wildman–Crippen MR) is 80.7 cm³/mol. The number of benzene rings is 1. The highest BCUT2D eigenvalue weighted by Gasteiger charge is 2.46. The highest BCUT2D eigenvalue weighted by molar-refractivity contribution is 7.54. The van der Waals surface area contributed by atoms with Gasteiger partial charge in [0.2, 0.25) is 0 Å². The summed E-state index contributed by atoms with van der Waals surface area (Å²) in [4.78, 5) is 23.4. The smallest absolute Gasteiger partial charge is 0.341 e. The number of carbonyl (C=O) groups excluding carboxylic acids is 2. The third-order valence-electron chi connectivity index (χ3n) is 3.42. The van der Waals surface area contributed by atoms with Crippen molar-refractivity contribution in [3.63, 3.8) is 0 Å². The van der Waals surface area contributed by atoms with Gasteiger partial charge in [0.15, 0.2) is 0 Å². The maximum absolute atomic E-state index is 12.2. The molecule has 23 heavy (non-hydrogen) atoms. The van der Waals surface area contributed by atoms with E-state index in [0.29, 0.717) is 0 Å². The molecule has 1 aromatic carbocycles. The van der Waals surface area contributed by atoms with E-state index < -0.39 is 31.1 Å². The van der Waals surface area contributed by atoms with Crippen molar-refractivity contribution in [1.82, 2.24) is 0 Å². The van der Waals surface area contributed by atoms with E-state index in [9.17, 15) is 14.2 Å². The van der Waals surface area contributed by atoms with Gasteiger partial charge in [0.25, 0.3) is 0 Å². The number of carbonyl (C=O) groups is 2. The second kappa shape index (κ2) is 7.25. The SMILES string of the molecule is COC(=O)CP1(=O)OCC(C)(C(=O)OCc2ccccc2)CO1. The number of esters is 2. The van der Waals surface area contributed by atoms with Crippen molar-refractivity contribution in [2.75, 3.05) is 26.5 Å². The lowest BCUT2D eigenvalue weighted by Crippen LogP contribution is -2.41. The van der Waals surface area contributed by atoms with Gasteiger partial charge in [-0.1, -0.05) is 30.3 Å². The first-order valence-electron chi connectivity index (χ1n) is 7.03. The van der Waals surface area contributed by atoms with Crippen molar-refractivity contribution in [2.24, 2.45) is 5.41 Å². The minimum atomic E-state index is -3.57. The highest BCUT2D eigenvalue weighted by atomic mass is 31.2. The molecule has 1 heterocycles. The molecular weight excluding hydrogens is 323 g/mol. The zero-order valence-electron chi connectivity index (χ0n) is 13.0. The lowest BCUT2D eigenvalue weighted by Gasteiger charge is -2.34. The zero-order valence-corrected chi connectivity index (χ0v) is 13.9. The average molecular weight is 342 g/mol. The van der Waals surface area contributed by atoms with Gasteiger partial charge < -0.3 is 18.5 Å². The number of hydrogen-bond acceptors (Lipinski definition) is 7. The topological polar surface area (TPSA) is 88.1 Å². The van der Waals surface area contributed by atoms with Crippen LogP contribution in [0.1, 0.15) is 12.5 Å². The molecule has 1 aliphatic rings. The summed E-state index contributed by atoms with van der Waals surface area (Å²) in [6.07, 6.45) is -0.474. The average Bonchev–Trinajstić information content (AvgIpc) is 2.56. The van der Waals surface area contributed by atoms with Crippen molar-refractivity contribution < 1.29 is 32.7 Å². The highest BCUT2D eigenvalue weighted by Crippen LogP contribution is 2.53. The minimum Gasteiger partial charge on any atom is -0.469 e. The molecule has 0 bridgehead atoms. The lowest BCUT2D eigenvalue weighted by atomic mass is 9.93. The van der Waals surface area contributed by atoms with Crippen LogP contribution in [0, 0.1) is 5.41 Å². The Kier molecular flexibility index (Phi) is 5.57. The molecule has 0 radical (unpaired) electrons. The van der Waals surface area contributed by atoms with Gasteiger partial charge in [-0.05, 0) is 12.5 Å². The number of ether oxygens (including phenoxy) is 2. The van der Waals surface area contributed by atoms with Gasteiger partial charge in [0.05, 0.1) is 20.3 Å². The zero-order chi connectivity index (χ0) is 16.9. The fraction of sp³-hybridized carbons (Fsp3) is 0.467. The van der Waals surface area contributed by atoms with Crippen LogP contribution in [0.15, 0.2) is 30.3 Å². The maximum atomic E-state index is 12.2. The normalized spacial score (nSPS) is 27.2. The van der Waals surface area contributed by atoms with E-state index >= 15 is 0 Å². The van der Waals surface area contributed by atoms with E-state index in [4.69, 9.17) is 13.8 Å². The fourth-order valence-electron chi connectivity index (χ4n) is 1.89. The van der Waals surface area contributed by atoms with Gasteiger partial charge >= 0.3 is 19.5 Å². The number of methoxy groups -OCH3 is 1.